The van der Waals surface area contributed by atoms with Crippen LogP contribution in [0.2, 0.25) is 0 Å². The Bertz CT molecular complexity index is 470. The smallest absolute Gasteiger partial charge is 0.130 e. The second-order valence-corrected chi connectivity index (χ2v) is 5.23. The maximum Gasteiger partial charge on any atom is 0.130 e. The van der Waals surface area contributed by atoms with E-state index in [0.29, 0.717) is 6.61 Å². The summed E-state index contributed by atoms with van der Waals surface area (Å²) in [4.78, 5) is 5.49. The largest absolute Gasteiger partial charge is 0.487 e. The van der Waals surface area contributed by atoms with Crippen LogP contribution in [0.15, 0.2) is 52.0 Å². The normalized spacial score (nSPS) is 10.2. The molecule has 0 amide bonds. The molecule has 0 atom stereocenters. The molecule has 17 heavy (non-hydrogen) atoms. The first-order chi connectivity index (χ1) is 8.28. The van der Waals surface area contributed by atoms with Crippen molar-refractivity contribution in [1.82, 2.24) is 4.98 Å². The lowest BCUT2D eigenvalue weighted by Crippen LogP contribution is -1.97. The molecule has 0 aliphatic rings. The van der Waals surface area contributed by atoms with Gasteiger partial charge in [0.25, 0.3) is 0 Å². The van der Waals surface area contributed by atoms with Gasteiger partial charge in [-0.1, -0.05) is 0 Å². The van der Waals surface area contributed by atoms with Gasteiger partial charge in [0.1, 0.15) is 12.4 Å². The van der Waals surface area contributed by atoms with Gasteiger partial charge < -0.3 is 4.74 Å². The van der Waals surface area contributed by atoms with Gasteiger partial charge in [0.15, 0.2) is 0 Å². The Kier molecular flexibility index (Phi) is 4.45. The molecule has 0 saturated carbocycles. The Morgan fingerprint density at radius 2 is 1.94 bits per heavy atom. The average Bonchev–Trinajstić information content (AvgIpc) is 2.39. The Labute approximate surface area is 114 Å². The number of benzene rings is 1. The third-order valence-electron chi connectivity index (χ3n) is 2.23. The van der Waals surface area contributed by atoms with Gasteiger partial charge in [-0.15, -0.1) is 11.8 Å². The zero-order chi connectivity index (χ0) is 12.1. The number of hydrogen-bond donors (Lipinski definition) is 0. The van der Waals surface area contributed by atoms with Crippen LogP contribution >= 0.6 is 27.7 Å². The van der Waals surface area contributed by atoms with E-state index in [-0.39, 0.29) is 0 Å². The Morgan fingerprint density at radius 1 is 1.18 bits per heavy atom. The van der Waals surface area contributed by atoms with Crippen molar-refractivity contribution < 1.29 is 4.74 Å². The Balaban J connectivity index is 1.95. The van der Waals surface area contributed by atoms with Gasteiger partial charge in [-0.3, -0.25) is 4.98 Å². The molecule has 0 aliphatic heterocycles. The fraction of sp³-hybridized carbons (Fsp3) is 0.154. The van der Waals surface area contributed by atoms with Crippen molar-refractivity contribution in [2.75, 3.05) is 6.26 Å². The van der Waals surface area contributed by atoms with E-state index in [1.807, 2.05) is 24.3 Å². The maximum atomic E-state index is 5.64. The second-order valence-electron chi connectivity index (χ2n) is 3.43. The number of nitrogens with zero attached hydrogens (tertiary/aromatic N) is 1. The van der Waals surface area contributed by atoms with Crippen LogP contribution in [0, 0.1) is 0 Å². The lowest BCUT2D eigenvalue weighted by atomic mass is 10.3. The van der Waals surface area contributed by atoms with E-state index >= 15 is 0 Å². The molecule has 0 saturated heterocycles. The van der Waals surface area contributed by atoms with E-state index in [1.54, 1.807) is 18.0 Å². The number of ether oxygens (including phenoxy) is 1. The highest BCUT2D eigenvalue weighted by atomic mass is 79.9. The SMILES string of the molecule is CSc1ccc(OCc2ccc(Br)cn2)cc1. The van der Waals surface area contributed by atoms with Gasteiger partial charge >= 0.3 is 0 Å². The molecule has 2 aromatic rings. The minimum absolute atomic E-state index is 0.492. The van der Waals surface area contributed by atoms with Crippen molar-refractivity contribution in [2.24, 2.45) is 0 Å². The number of thioether (sulfide) groups is 1. The standard InChI is InChI=1S/C13H12BrNOS/c1-17-13-6-4-12(5-7-13)16-9-11-3-2-10(14)8-15-11/h2-8H,9H2,1H3. The molecule has 2 rings (SSSR count). The highest BCUT2D eigenvalue weighted by Gasteiger charge is 1.97. The van der Waals surface area contributed by atoms with Gasteiger partial charge in [0.2, 0.25) is 0 Å². The minimum Gasteiger partial charge on any atom is -0.487 e. The van der Waals surface area contributed by atoms with Crippen molar-refractivity contribution in [3.63, 3.8) is 0 Å². The molecule has 0 aliphatic carbocycles. The molecule has 0 N–H and O–H groups in total. The van der Waals surface area contributed by atoms with Crippen LogP contribution in [-0.2, 0) is 6.61 Å². The molecule has 0 spiro atoms. The molecule has 2 nitrogen and oxygen atoms in total. The van der Waals surface area contributed by atoms with E-state index in [0.717, 1.165) is 15.9 Å². The quantitative estimate of drug-likeness (QED) is 0.792. The van der Waals surface area contributed by atoms with Crippen molar-refractivity contribution in [3.05, 3.63) is 52.8 Å². The van der Waals surface area contributed by atoms with E-state index < -0.39 is 0 Å². The van der Waals surface area contributed by atoms with Crippen molar-refractivity contribution in [2.45, 2.75) is 11.5 Å². The second kappa shape index (κ2) is 6.07. The summed E-state index contributed by atoms with van der Waals surface area (Å²) < 4.78 is 6.62. The van der Waals surface area contributed by atoms with Crippen LogP contribution in [0.25, 0.3) is 0 Å². The summed E-state index contributed by atoms with van der Waals surface area (Å²) in [5.74, 6) is 0.868. The first-order valence-corrected chi connectivity index (χ1v) is 7.17. The summed E-state index contributed by atoms with van der Waals surface area (Å²) in [6, 6.07) is 12.0. The predicted octanol–water partition coefficient (Wildman–Crippen LogP) is 4.15. The molecule has 88 valence electrons. The average molecular weight is 310 g/mol. The van der Waals surface area contributed by atoms with E-state index in [2.05, 4.69) is 39.3 Å². The molecular formula is C13H12BrNOS. The maximum absolute atomic E-state index is 5.64. The Hall–Kier alpha value is -1.00. The molecule has 0 radical (unpaired) electrons. The van der Waals surface area contributed by atoms with Gasteiger partial charge in [-0.25, -0.2) is 0 Å². The number of aromatic nitrogens is 1. The molecule has 0 bridgehead atoms. The van der Waals surface area contributed by atoms with Gasteiger partial charge in [-0.05, 0) is 58.6 Å². The summed E-state index contributed by atoms with van der Waals surface area (Å²) in [6.07, 6.45) is 3.83. The lowest BCUT2D eigenvalue weighted by molar-refractivity contribution is 0.301. The monoisotopic (exact) mass is 309 g/mol. The van der Waals surface area contributed by atoms with Gasteiger partial charge in [-0.2, -0.15) is 0 Å². The van der Waals surface area contributed by atoms with Crippen molar-refractivity contribution >= 4 is 27.7 Å². The zero-order valence-electron chi connectivity index (χ0n) is 9.39. The summed E-state index contributed by atoms with van der Waals surface area (Å²) in [5.41, 5.74) is 0.919. The van der Waals surface area contributed by atoms with Crippen LogP contribution in [-0.4, -0.2) is 11.2 Å². The van der Waals surface area contributed by atoms with Crippen LogP contribution in [0.1, 0.15) is 5.69 Å². The predicted molar refractivity (Wildman–Crippen MR) is 74.5 cm³/mol. The third-order valence-corrected chi connectivity index (χ3v) is 3.45. The summed E-state index contributed by atoms with van der Waals surface area (Å²) in [7, 11) is 0. The zero-order valence-corrected chi connectivity index (χ0v) is 11.8. The molecule has 1 heterocycles. The molecule has 1 aromatic carbocycles. The number of halogens is 1. The fourth-order valence-electron chi connectivity index (χ4n) is 1.32. The first kappa shape index (κ1) is 12.5. The van der Waals surface area contributed by atoms with Crippen molar-refractivity contribution in [3.8, 4) is 5.75 Å². The van der Waals surface area contributed by atoms with E-state index in [4.69, 9.17) is 4.74 Å². The molecular weight excluding hydrogens is 298 g/mol. The lowest BCUT2D eigenvalue weighted by Gasteiger charge is -2.06. The number of rotatable bonds is 4. The molecule has 4 heteroatoms. The minimum atomic E-state index is 0.492. The van der Waals surface area contributed by atoms with Crippen LogP contribution < -0.4 is 4.74 Å². The molecule has 1 aromatic heterocycles. The van der Waals surface area contributed by atoms with Crippen LogP contribution in [0.4, 0.5) is 0 Å². The highest BCUT2D eigenvalue weighted by molar-refractivity contribution is 9.10. The highest BCUT2D eigenvalue weighted by Crippen LogP contribution is 2.19. The van der Waals surface area contributed by atoms with Gasteiger partial charge in [0.05, 0.1) is 5.69 Å². The molecule has 0 fully saturated rings. The van der Waals surface area contributed by atoms with Crippen LogP contribution in [0.5, 0.6) is 5.75 Å². The molecule has 0 unspecified atom stereocenters. The van der Waals surface area contributed by atoms with E-state index in [1.165, 1.54) is 4.90 Å². The van der Waals surface area contributed by atoms with E-state index in [9.17, 15) is 0 Å². The number of hydrogen-bond acceptors (Lipinski definition) is 3. The number of pyridine rings is 1. The first-order valence-electron chi connectivity index (χ1n) is 5.15. The third kappa shape index (κ3) is 3.75. The Morgan fingerprint density at radius 3 is 2.53 bits per heavy atom. The fourth-order valence-corrected chi connectivity index (χ4v) is 1.96. The summed E-state index contributed by atoms with van der Waals surface area (Å²) in [5, 5.41) is 0. The van der Waals surface area contributed by atoms with Crippen molar-refractivity contribution in [1.29, 1.82) is 0 Å². The topological polar surface area (TPSA) is 22.1 Å². The van der Waals surface area contributed by atoms with Gasteiger partial charge in [0, 0.05) is 15.6 Å². The summed E-state index contributed by atoms with van der Waals surface area (Å²) >= 11 is 5.07. The van der Waals surface area contributed by atoms with Crippen LogP contribution in [0.3, 0.4) is 0 Å². The summed E-state index contributed by atoms with van der Waals surface area (Å²) in [6.45, 7) is 0.492.